The molecule has 1 fully saturated rings. The molecule has 2 aromatic rings. The van der Waals surface area contributed by atoms with Crippen molar-refractivity contribution in [3.05, 3.63) is 51.8 Å². The van der Waals surface area contributed by atoms with Gasteiger partial charge in [-0.3, -0.25) is 19.4 Å². The smallest absolute Gasteiger partial charge is 0.258 e. The first-order valence-electron chi connectivity index (χ1n) is 9.20. The van der Waals surface area contributed by atoms with Crippen molar-refractivity contribution in [3.8, 4) is 0 Å². The lowest BCUT2D eigenvalue weighted by molar-refractivity contribution is -0.126. The summed E-state index contributed by atoms with van der Waals surface area (Å²) < 4.78 is 5.31. The van der Waals surface area contributed by atoms with Gasteiger partial charge in [0.25, 0.3) is 5.56 Å². The number of nitrogens with one attached hydrogen (secondary N) is 3. The fourth-order valence-corrected chi connectivity index (χ4v) is 3.42. The SMILES string of the molecule is O=C1C[C@@H](C(=O)NCc2ccccc2)c2c(nc(N3CCOCC3)[nH]c2=O)N1. The van der Waals surface area contributed by atoms with Gasteiger partial charge < -0.3 is 20.3 Å². The zero-order chi connectivity index (χ0) is 19.5. The van der Waals surface area contributed by atoms with E-state index in [0.717, 1.165) is 5.56 Å². The zero-order valence-corrected chi connectivity index (χ0v) is 15.2. The number of aromatic amines is 1. The molecule has 4 rings (SSSR count). The van der Waals surface area contributed by atoms with Crippen molar-refractivity contribution in [2.75, 3.05) is 36.5 Å². The largest absolute Gasteiger partial charge is 0.378 e. The number of carbonyl (C=O) groups excluding carboxylic acids is 2. The number of carbonyl (C=O) groups is 2. The molecule has 28 heavy (non-hydrogen) atoms. The summed E-state index contributed by atoms with van der Waals surface area (Å²) >= 11 is 0. The molecule has 0 aliphatic carbocycles. The molecule has 0 unspecified atom stereocenters. The van der Waals surface area contributed by atoms with E-state index in [2.05, 4.69) is 20.6 Å². The van der Waals surface area contributed by atoms with E-state index in [4.69, 9.17) is 4.74 Å². The van der Waals surface area contributed by atoms with Gasteiger partial charge in [0.2, 0.25) is 17.8 Å². The summed E-state index contributed by atoms with van der Waals surface area (Å²) in [5, 5.41) is 5.44. The van der Waals surface area contributed by atoms with Gasteiger partial charge in [0.15, 0.2) is 0 Å². The van der Waals surface area contributed by atoms with Crippen LogP contribution in [0.1, 0.15) is 23.5 Å². The van der Waals surface area contributed by atoms with E-state index >= 15 is 0 Å². The van der Waals surface area contributed by atoms with Gasteiger partial charge in [-0.25, -0.2) is 0 Å². The Balaban J connectivity index is 1.58. The molecule has 2 aliphatic heterocycles. The lowest BCUT2D eigenvalue weighted by atomic mass is 9.92. The first kappa shape index (κ1) is 18.2. The van der Waals surface area contributed by atoms with Crippen molar-refractivity contribution in [1.82, 2.24) is 15.3 Å². The van der Waals surface area contributed by atoms with Crippen LogP contribution in [0.25, 0.3) is 0 Å². The van der Waals surface area contributed by atoms with E-state index in [1.165, 1.54) is 0 Å². The third-order valence-electron chi connectivity index (χ3n) is 4.88. The summed E-state index contributed by atoms with van der Waals surface area (Å²) in [6.07, 6.45) is -0.0880. The van der Waals surface area contributed by atoms with Gasteiger partial charge in [-0.15, -0.1) is 0 Å². The summed E-state index contributed by atoms with van der Waals surface area (Å²) in [6.45, 7) is 2.59. The van der Waals surface area contributed by atoms with Crippen molar-refractivity contribution < 1.29 is 14.3 Å². The van der Waals surface area contributed by atoms with Crippen LogP contribution in [0.5, 0.6) is 0 Å². The van der Waals surface area contributed by atoms with Gasteiger partial charge >= 0.3 is 0 Å². The number of rotatable bonds is 4. The fraction of sp³-hybridized carbons (Fsp3) is 0.368. The van der Waals surface area contributed by atoms with E-state index in [0.29, 0.717) is 38.8 Å². The van der Waals surface area contributed by atoms with Crippen molar-refractivity contribution in [3.63, 3.8) is 0 Å². The second kappa shape index (κ2) is 7.81. The molecule has 1 aromatic heterocycles. The first-order valence-corrected chi connectivity index (χ1v) is 9.20. The molecule has 0 saturated carbocycles. The second-order valence-electron chi connectivity index (χ2n) is 6.76. The maximum Gasteiger partial charge on any atom is 0.258 e. The van der Waals surface area contributed by atoms with E-state index in [-0.39, 0.29) is 29.6 Å². The minimum atomic E-state index is -0.873. The van der Waals surface area contributed by atoms with Crippen molar-refractivity contribution >= 4 is 23.6 Å². The number of H-pyrrole nitrogens is 1. The molecule has 3 heterocycles. The number of fused-ring (bicyclic) bond motifs is 1. The van der Waals surface area contributed by atoms with Gasteiger partial charge in [-0.1, -0.05) is 30.3 Å². The number of anilines is 2. The maximum atomic E-state index is 12.7. The summed E-state index contributed by atoms with van der Waals surface area (Å²) in [5.41, 5.74) is 0.722. The Hall–Kier alpha value is -3.20. The predicted octanol–water partition coefficient (Wildman–Crippen LogP) is 0.349. The number of hydrogen-bond acceptors (Lipinski definition) is 6. The monoisotopic (exact) mass is 383 g/mol. The molecule has 2 aliphatic rings. The predicted molar refractivity (Wildman–Crippen MR) is 102 cm³/mol. The lowest BCUT2D eigenvalue weighted by Gasteiger charge is -2.29. The second-order valence-corrected chi connectivity index (χ2v) is 6.76. The molecular formula is C19H21N5O4. The maximum absolute atomic E-state index is 12.7. The Labute approximate surface area is 161 Å². The van der Waals surface area contributed by atoms with Crippen LogP contribution in [0.3, 0.4) is 0 Å². The highest BCUT2D eigenvalue weighted by molar-refractivity contribution is 6.00. The highest BCUT2D eigenvalue weighted by atomic mass is 16.5. The Morgan fingerprint density at radius 2 is 1.96 bits per heavy atom. The lowest BCUT2D eigenvalue weighted by Crippen LogP contribution is -2.42. The van der Waals surface area contributed by atoms with E-state index in [1.807, 2.05) is 35.2 Å². The van der Waals surface area contributed by atoms with Crippen LogP contribution < -0.4 is 21.1 Å². The number of morpholine rings is 1. The summed E-state index contributed by atoms with van der Waals surface area (Å²) in [6, 6.07) is 9.44. The third kappa shape index (κ3) is 3.74. The van der Waals surface area contributed by atoms with E-state index in [1.54, 1.807) is 0 Å². The molecule has 0 radical (unpaired) electrons. The Morgan fingerprint density at radius 3 is 2.71 bits per heavy atom. The van der Waals surface area contributed by atoms with E-state index < -0.39 is 11.5 Å². The number of nitrogens with zero attached hydrogens (tertiary/aromatic N) is 2. The van der Waals surface area contributed by atoms with Crippen molar-refractivity contribution in [2.24, 2.45) is 0 Å². The van der Waals surface area contributed by atoms with Crippen LogP contribution in [-0.4, -0.2) is 48.1 Å². The molecule has 3 N–H and O–H groups in total. The molecule has 1 atom stereocenters. The van der Waals surface area contributed by atoms with Crippen molar-refractivity contribution in [1.29, 1.82) is 0 Å². The standard InChI is InChI=1S/C19H21N5O4/c25-14-10-13(17(26)20-11-12-4-2-1-3-5-12)15-16(21-14)22-19(23-18(15)27)24-6-8-28-9-7-24/h1-5,13H,6-11H2,(H,20,26)(H2,21,22,23,25,27)/t13-/m1/s1. The fourth-order valence-electron chi connectivity index (χ4n) is 3.42. The van der Waals surface area contributed by atoms with Crippen LogP contribution >= 0.6 is 0 Å². The zero-order valence-electron chi connectivity index (χ0n) is 15.2. The molecule has 0 bridgehead atoms. The van der Waals surface area contributed by atoms with Gasteiger partial charge in [-0.2, -0.15) is 4.98 Å². The van der Waals surface area contributed by atoms with E-state index in [9.17, 15) is 14.4 Å². The summed E-state index contributed by atoms with van der Waals surface area (Å²) in [7, 11) is 0. The van der Waals surface area contributed by atoms with Crippen LogP contribution in [0.2, 0.25) is 0 Å². The molecule has 146 valence electrons. The van der Waals surface area contributed by atoms with Crippen LogP contribution in [0.4, 0.5) is 11.8 Å². The third-order valence-corrected chi connectivity index (χ3v) is 4.88. The van der Waals surface area contributed by atoms with Gasteiger partial charge in [0, 0.05) is 26.1 Å². The molecule has 1 saturated heterocycles. The molecule has 0 spiro atoms. The van der Waals surface area contributed by atoms with Crippen LogP contribution in [0, 0.1) is 0 Å². The number of ether oxygens (including phenoxy) is 1. The molecule has 1 aromatic carbocycles. The normalized spacial score (nSPS) is 18.9. The number of amides is 2. The topological polar surface area (TPSA) is 116 Å². The minimum Gasteiger partial charge on any atom is -0.378 e. The number of aromatic nitrogens is 2. The van der Waals surface area contributed by atoms with Crippen molar-refractivity contribution in [2.45, 2.75) is 18.9 Å². The Bertz CT molecular complexity index is 937. The summed E-state index contributed by atoms with van der Waals surface area (Å²) in [4.78, 5) is 46.6. The average molecular weight is 383 g/mol. The molecule has 9 heteroatoms. The molecule has 9 nitrogen and oxygen atoms in total. The highest BCUT2D eigenvalue weighted by Crippen LogP contribution is 2.29. The van der Waals surface area contributed by atoms with Gasteiger partial charge in [0.1, 0.15) is 5.82 Å². The Morgan fingerprint density at radius 1 is 1.21 bits per heavy atom. The summed E-state index contributed by atoms with van der Waals surface area (Å²) in [5.74, 6) is -1.05. The molecular weight excluding hydrogens is 362 g/mol. The average Bonchev–Trinajstić information content (AvgIpc) is 2.72. The quantitative estimate of drug-likeness (QED) is 0.702. The van der Waals surface area contributed by atoms with Crippen LogP contribution in [-0.2, 0) is 20.9 Å². The first-order chi connectivity index (χ1) is 13.6. The van der Waals surface area contributed by atoms with Gasteiger partial charge in [0.05, 0.1) is 24.7 Å². The highest BCUT2D eigenvalue weighted by Gasteiger charge is 2.35. The van der Waals surface area contributed by atoms with Crippen LogP contribution in [0.15, 0.2) is 35.1 Å². The Kier molecular flexibility index (Phi) is 5.07. The number of hydrogen-bond donors (Lipinski definition) is 3. The molecule has 2 amide bonds. The van der Waals surface area contributed by atoms with Gasteiger partial charge in [-0.05, 0) is 5.56 Å². The minimum absolute atomic E-state index is 0.0880. The number of benzene rings is 1.